The number of hydrogen-bond donors (Lipinski definition) is 0. The van der Waals surface area contributed by atoms with Crippen molar-refractivity contribution >= 4 is 65.2 Å². The van der Waals surface area contributed by atoms with Crippen LogP contribution >= 0.6 is 0 Å². The summed E-state index contributed by atoms with van der Waals surface area (Å²) in [4.78, 5) is 20.4. The summed E-state index contributed by atoms with van der Waals surface area (Å²) >= 11 is 0. The van der Waals surface area contributed by atoms with Crippen LogP contribution < -0.4 is 0 Å². The number of benzene rings is 9. The second-order valence-corrected chi connectivity index (χ2v) is 14.6. The largest absolute Gasteiger partial charge is 0.454 e. The van der Waals surface area contributed by atoms with E-state index >= 15 is 0 Å². The number of para-hydroxylation sites is 2. The molecule has 264 valence electrons. The van der Waals surface area contributed by atoms with Crippen LogP contribution in [0.2, 0.25) is 0 Å². The summed E-state index contributed by atoms with van der Waals surface area (Å²) in [5.41, 5.74) is 9.49. The van der Waals surface area contributed by atoms with E-state index in [9.17, 15) is 0 Å². The fourth-order valence-corrected chi connectivity index (χ4v) is 8.53. The van der Waals surface area contributed by atoms with Gasteiger partial charge in [-0.25, -0.2) is 19.9 Å². The molecule has 12 rings (SSSR count). The topological polar surface area (TPSA) is 64.7 Å². The molecule has 0 spiro atoms. The molecule has 3 aromatic heterocycles. The Labute approximate surface area is 326 Å². The molecule has 5 nitrogen and oxygen atoms in total. The second-order valence-electron chi connectivity index (χ2n) is 14.6. The highest BCUT2D eigenvalue weighted by atomic mass is 16.3. The predicted molar refractivity (Wildman–Crippen MR) is 233 cm³/mol. The normalized spacial score (nSPS) is 11.9. The Kier molecular flexibility index (Phi) is 6.86. The zero-order chi connectivity index (χ0) is 37.5. The van der Waals surface area contributed by atoms with E-state index in [-0.39, 0.29) is 0 Å². The first kappa shape index (κ1) is 31.6. The maximum Gasteiger partial charge on any atom is 0.164 e. The number of fused-ring (bicyclic) bond motifs is 5. The molecule has 57 heavy (non-hydrogen) atoms. The lowest BCUT2D eigenvalue weighted by atomic mass is 9.92. The van der Waals surface area contributed by atoms with Gasteiger partial charge in [-0.3, -0.25) is 0 Å². The number of hydrogen-bond acceptors (Lipinski definition) is 5. The zero-order valence-electron chi connectivity index (χ0n) is 30.5. The lowest BCUT2D eigenvalue weighted by Gasteiger charge is -2.14. The fourth-order valence-electron chi connectivity index (χ4n) is 8.53. The average Bonchev–Trinajstić information content (AvgIpc) is 3.68. The lowest BCUT2D eigenvalue weighted by Crippen LogP contribution is -2.00. The molecule has 0 fully saturated rings. The molecule has 9 aromatic carbocycles. The van der Waals surface area contributed by atoms with Gasteiger partial charge >= 0.3 is 0 Å². The molecular formula is C52H30N4O. The van der Waals surface area contributed by atoms with Gasteiger partial charge in [-0.1, -0.05) is 164 Å². The van der Waals surface area contributed by atoms with Crippen LogP contribution in [0.15, 0.2) is 186 Å². The molecule has 0 atom stereocenters. The Bertz CT molecular complexity index is 3480. The molecule has 0 aliphatic rings. The number of nitrogens with zero attached hydrogens (tertiary/aromatic N) is 4. The highest BCUT2D eigenvalue weighted by Gasteiger charge is 2.19. The summed E-state index contributed by atoms with van der Waals surface area (Å²) in [5.74, 6) is 1.92. The molecule has 5 heteroatoms. The molecule has 0 saturated heterocycles. The Morgan fingerprint density at radius 3 is 1.63 bits per heavy atom. The third-order valence-corrected chi connectivity index (χ3v) is 11.3. The molecule has 0 unspecified atom stereocenters. The summed E-state index contributed by atoms with van der Waals surface area (Å²) in [7, 11) is 0. The Hall–Kier alpha value is -7.76. The summed E-state index contributed by atoms with van der Waals surface area (Å²) in [6.45, 7) is 0. The van der Waals surface area contributed by atoms with Crippen molar-refractivity contribution in [1.82, 2.24) is 19.9 Å². The summed E-state index contributed by atoms with van der Waals surface area (Å²) in [5, 5.41) is 10.6. The number of furan rings is 1. The third kappa shape index (κ3) is 5.03. The lowest BCUT2D eigenvalue weighted by molar-refractivity contribution is 0.669. The first-order valence-corrected chi connectivity index (χ1v) is 19.1. The van der Waals surface area contributed by atoms with Gasteiger partial charge in [0.1, 0.15) is 11.3 Å². The van der Waals surface area contributed by atoms with Crippen LogP contribution in [0.5, 0.6) is 0 Å². The van der Waals surface area contributed by atoms with Crippen LogP contribution in [0.4, 0.5) is 0 Å². The summed E-state index contributed by atoms with van der Waals surface area (Å²) in [6.07, 6.45) is 0. The third-order valence-electron chi connectivity index (χ3n) is 11.3. The van der Waals surface area contributed by atoms with Gasteiger partial charge in [-0.2, -0.15) is 0 Å². The van der Waals surface area contributed by atoms with Gasteiger partial charge in [0.25, 0.3) is 0 Å². The molecule has 0 N–H and O–H groups in total. The average molecular weight is 727 g/mol. The maximum atomic E-state index is 6.46. The van der Waals surface area contributed by atoms with Crippen molar-refractivity contribution in [3.05, 3.63) is 182 Å². The van der Waals surface area contributed by atoms with Crippen LogP contribution in [0, 0.1) is 0 Å². The van der Waals surface area contributed by atoms with Crippen molar-refractivity contribution in [1.29, 1.82) is 0 Å². The molecule has 0 aliphatic carbocycles. The van der Waals surface area contributed by atoms with Crippen molar-refractivity contribution in [3.8, 4) is 56.5 Å². The Balaban J connectivity index is 0.937. The molecule has 0 saturated carbocycles. The Morgan fingerprint density at radius 1 is 0.316 bits per heavy atom. The molecule has 3 heterocycles. The van der Waals surface area contributed by atoms with Gasteiger partial charge in [-0.05, 0) is 61.6 Å². The SMILES string of the molecule is c1ccc(-c2nc(-c3ccc(-c4ccc(-c5nc6ccccc6c6c5oc5ccccc56)cc4)cc3)nc(-c3ccc4ccc5cccc6ccc3c4c56)n2)cc1. The number of rotatable bonds is 5. The fraction of sp³-hybridized carbons (Fsp3) is 0. The monoisotopic (exact) mass is 726 g/mol. The zero-order valence-corrected chi connectivity index (χ0v) is 30.5. The van der Waals surface area contributed by atoms with Gasteiger partial charge in [0.2, 0.25) is 0 Å². The molecule has 12 aromatic rings. The molecule has 0 radical (unpaired) electrons. The van der Waals surface area contributed by atoms with Crippen LogP contribution in [-0.2, 0) is 0 Å². The van der Waals surface area contributed by atoms with Crippen LogP contribution in [0.1, 0.15) is 0 Å². The van der Waals surface area contributed by atoms with Gasteiger partial charge in [-0.15, -0.1) is 0 Å². The van der Waals surface area contributed by atoms with E-state index in [0.717, 1.165) is 77.3 Å². The van der Waals surface area contributed by atoms with E-state index in [2.05, 4.69) is 133 Å². The Morgan fingerprint density at radius 2 is 0.877 bits per heavy atom. The second kappa shape index (κ2) is 12.4. The summed E-state index contributed by atoms with van der Waals surface area (Å²) in [6, 6.07) is 63.3. The maximum absolute atomic E-state index is 6.46. The van der Waals surface area contributed by atoms with Crippen LogP contribution in [-0.4, -0.2) is 19.9 Å². The van der Waals surface area contributed by atoms with Gasteiger partial charge in [0.15, 0.2) is 23.1 Å². The molecule has 0 aliphatic heterocycles. The van der Waals surface area contributed by atoms with Gasteiger partial charge in [0, 0.05) is 38.4 Å². The number of pyridine rings is 1. The van der Waals surface area contributed by atoms with Crippen molar-refractivity contribution in [3.63, 3.8) is 0 Å². The van der Waals surface area contributed by atoms with E-state index in [0.29, 0.717) is 17.5 Å². The van der Waals surface area contributed by atoms with Gasteiger partial charge < -0.3 is 4.42 Å². The van der Waals surface area contributed by atoms with Crippen LogP contribution in [0.25, 0.3) is 122 Å². The first-order chi connectivity index (χ1) is 28.2. The quantitative estimate of drug-likeness (QED) is 0.165. The van der Waals surface area contributed by atoms with Crippen LogP contribution in [0.3, 0.4) is 0 Å². The number of aromatic nitrogens is 4. The highest BCUT2D eigenvalue weighted by Crippen LogP contribution is 2.41. The smallest absolute Gasteiger partial charge is 0.164 e. The van der Waals surface area contributed by atoms with Crippen molar-refractivity contribution in [2.75, 3.05) is 0 Å². The van der Waals surface area contributed by atoms with Gasteiger partial charge in [0.05, 0.1) is 5.52 Å². The minimum Gasteiger partial charge on any atom is -0.454 e. The van der Waals surface area contributed by atoms with E-state index in [1.165, 1.54) is 26.9 Å². The van der Waals surface area contributed by atoms with E-state index < -0.39 is 0 Å². The first-order valence-electron chi connectivity index (χ1n) is 19.1. The van der Waals surface area contributed by atoms with E-state index in [1.807, 2.05) is 48.5 Å². The van der Waals surface area contributed by atoms with Crippen molar-refractivity contribution in [2.45, 2.75) is 0 Å². The molecule has 0 bridgehead atoms. The molecular weight excluding hydrogens is 697 g/mol. The molecule has 0 amide bonds. The minimum absolute atomic E-state index is 0.628. The minimum atomic E-state index is 0.628. The van der Waals surface area contributed by atoms with Crippen molar-refractivity contribution in [2.24, 2.45) is 0 Å². The van der Waals surface area contributed by atoms with E-state index in [4.69, 9.17) is 24.4 Å². The summed E-state index contributed by atoms with van der Waals surface area (Å²) < 4.78 is 6.46. The van der Waals surface area contributed by atoms with E-state index in [1.54, 1.807) is 0 Å². The van der Waals surface area contributed by atoms with Crippen molar-refractivity contribution < 1.29 is 4.42 Å². The predicted octanol–water partition coefficient (Wildman–Crippen LogP) is 13.6. The highest BCUT2D eigenvalue weighted by molar-refractivity contribution is 6.25. The standard InChI is InChI=1S/C52H30N4O/c1-2-9-37(10-3-1)50-54-51(56-52(55-50)40-30-28-35-22-21-33-11-8-12-34-27-29-39(40)46(35)45(33)34)38-25-19-32(20-26-38)31-17-23-36(24-18-31)48-49-47(41-13-4-6-15-43(41)53-48)42-14-5-7-16-44(42)57-49/h1-30H.